The molecule has 0 radical (unpaired) electrons. The van der Waals surface area contributed by atoms with Crippen LogP contribution in [0.5, 0.6) is 0 Å². The average Bonchev–Trinajstić information content (AvgIpc) is 3.37. The van der Waals surface area contributed by atoms with Crippen molar-refractivity contribution in [1.29, 1.82) is 0 Å². The van der Waals surface area contributed by atoms with Crippen LogP contribution in [0.2, 0.25) is 0 Å². The first-order valence-electron chi connectivity index (χ1n) is 31.8. The third-order valence-electron chi connectivity index (χ3n) is 14.7. The number of carbonyl (C=O) groups is 2. The maximum Gasteiger partial charge on any atom is 0.305 e. The Kier molecular flexibility index (Phi) is 59.0. The van der Waals surface area contributed by atoms with Gasteiger partial charge in [0.25, 0.3) is 0 Å². The molecule has 0 aromatic heterocycles. The van der Waals surface area contributed by atoms with E-state index in [-0.39, 0.29) is 18.5 Å². The molecule has 0 bridgehead atoms. The van der Waals surface area contributed by atoms with Crippen LogP contribution in [0, 0.1) is 0 Å². The smallest absolute Gasteiger partial charge is 0.305 e. The number of allylic oxidation sites excluding steroid dienone is 5. The zero-order chi connectivity index (χ0) is 51.4. The maximum absolute atomic E-state index is 12.4. The van der Waals surface area contributed by atoms with E-state index in [1.54, 1.807) is 6.08 Å². The normalized spacial score (nSPS) is 12.8. The number of aliphatic hydroxyl groups is 2. The van der Waals surface area contributed by atoms with Crippen LogP contribution in [0.1, 0.15) is 341 Å². The highest BCUT2D eigenvalue weighted by Gasteiger charge is 2.18. The third-order valence-corrected chi connectivity index (χ3v) is 14.7. The summed E-state index contributed by atoms with van der Waals surface area (Å²) in [4.78, 5) is 24.5. The molecule has 0 heterocycles. The second-order valence-corrected chi connectivity index (χ2v) is 21.7. The molecule has 2 unspecified atom stereocenters. The number of nitrogens with one attached hydrogen (secondary N) is 1. The molecule has 0 aromatic carbocycles. The Labute approximate surface area is 443 Å². The lowest BCUT2D eigenvalue weighted by Crippen LogP contribution is -2.45. The topological polar surface area (TPSA) is 95.9 Å². The molecule has 0 aromatic rings. The molecule has 0 aliphatic heterocycles. The predicted molar refractivity (Wildman–Crippen MR) is 310 cm³/mol. The number of amides is 1. The van der Waals surface area contributed by atoms with Gasteiger partial charge in [-0.3, -0.25) is 9.59 Å². The van der Waals surface area contributed by atoms with Crippen molar-refractivity contribution in [2.75, 3.05) is 13.2 Å². The van der Waals surface area contributed by atoms with Crippen molar-refractivity contribution in [2.24, 2.45) is 0 Å². The summed E-state index contributed by atoms with van der Waals surface area (Å²) in [5.41, 5.74) is 0. The van der Waals surface area contributed by atoms with E-state index in [9.17, 15) is 19.8 Å². The molecule has 2 atom stereocenters. The van der Waals surface area contributed by atoms with E-state index in [2.05, 4.69) is 43.5 Å². The van der Waals surface area contributed by atoms with Gasteiger partial charge in [0.1, 0.15) is 0 Å². The van der Waals surface area contributed by atoms with E-state index in [0.717, 1.165) is 44.9 Å². The zero-order valence-electron chi connectivity index (χ0n) is 47.7. The quantitative estimate of drug-likeness (QED) is 0.0321. The Bertz CT molecular complexity index is 1150. The van der Waals surface area contributed by atoms with Crippen LogP contribution in [0.15, 0.2) is 36.5 Å². The second-order valence-electron chi connectivity index (χ2n) is 21.7. The van der Waals surface area contributed by atoms with Gasteiger partial charge in [-0.25, -0.2) is 0 Å². The van der Waals surface area contributed by atoms with Crippen LogP contribution >= 0.6 is 0 Å². The average molecular weight is 999 g/mol. The predicted octanol–water partition coefficient (Wildman–Crippen LogP) is 20.0. The van der Waals surface area contributed by atoms with Crippen molar-refractivity contribution in [3.8, 4) is 0 Å². The van der Waals surface area contributed by atoms with Gasteiger partial charge in [-0.1, -0.05) is 301 Å². The summed E-state index contributed by atoms with van der Waals surface area (Å²) < 4.78 is 5.49. The summed E-state index contributed by atoms with van der Waals surface area (Å²) in [5.74, 6) is -0.0582. The third kappa shape index (κ3) is 57.2. The Balaban J connectivity index is 3.40. The highest BCUT2D eigenvalue weighted by Crippen LogP contribution is 2.17. The number of hydrogen-bond donors (Lipinski definition) is 3. The summed E-state index contributed by atoms with van der Waals surface area (Å²) in [5, 5.41) is 23.0. The molecule has 6 nitrogen and oxygen atoms in total. The van der Waals surface area contributed by atoms with E-state index >= 15 is 0 Å². The minimum absolute atomic E-state index is 0.0137. The number of rotatable bonds is 59. The summed E-state index contributed by atoms with van der Waals surface area (Å²) in [6.45, 7) is 4.90. The first kappa shape index (κ1) is 69.1. The Hall–Kier alpha value is -1.92. The molecule has 3 N–H and O–H groups in total. The lowest BCUT2D eigenvalue weighted by atomic mass is 10.0. The van der Waals surface area contributed by atoms with Gasteiger partial charge in [-0.15, -0.1) is 0 Å². The maximum atomic E-state index is 12.4. The summed E-state index contributed by atoms with van der Waals surface area (Å²) >= 11 is 0. The first-order valence-corrected chi connectivity index (χ1v) is 31.8. The molecule has 71 heavy (non-hydrogen) atoms. The lowest BCUT2D eigenvalue weighted by molar-refractivity contribution is -0.143. The molecule has 0 saturated carbocycles. The van der Waals surface area contributed by atoms with Crippen LogP contribution in [0.4, 0.5) is 0 Å². The van der Waals surface area contributed by atoms with Gasteiger partial charge in [-0.2, -0.15) is 0 Å². The fraction of sp³-hybridized carbons (Fsp3) is 0.877. The van der Waals surface area contributed by atoms with E-state index in [4.69, 9.17) is 4.74 Å². The van der Waals surface area contributed by atoms with Gasteiger partial charge in [0, 0.05) is 12.8 Å². The molecule has 1 amide bonds. The molecule has 0 spiro atoms. The van der Waals surface area contributed by atoms with Gasteiger partial charge >= 0.3 is 5.97 Å². The van der Waals surface area contributed by atoms with Gasteiger partial charge in [0.2, 0.25) is 5.91 Å². The second kappa shape index (κ2) is 60.6. The van der Waals surface area contributed by atoms with Gasteiger partial charge in [0.05, 0.1) is 25.4 Å². The standard InChI is InChI=1S/C65H123NO5/c1-3-5-7-9-11-13-15-16-17-32-35-39-43-47-51-55-59-65(70)71-60-56-52-48-44-40-36-33-30-28-26-24-22-20-18-19-21-23-25-27-29-31-34-38-42-46-50-54-58-64(69)66-62(61-67)63(68)57-53-49-45-41-37-14-12-10-8-6-4-2/h18-19,22,24,53,57,62-63,67-68H,3-17,20-21,23,25-52,54-56,58-61H2,1-2H3,(H,66,69)/b19-18-,24-22-,57-53+. The van der Waals surface area contributed by atoms with Crippen molar-refractivity contribution in [1.82, 2.24) is 5.32 Å². The number of ether oxygens (including phenoxy) is 1. The monoisotopic (exact) mass is 998 g/mol. The molecule has 418 valence electrons. The summed E-state index contributed by atoms with van der Waals surface area (Å²) in [7, 11) is 0. The van der Waals surface area contributed by atoms with Gasteiger partial charge < -0.3 is 20.3 Å². The molecular weight excluding hydrogens is 875 g/mol. The van der Waals surface area contributed by atoms with Crippen molar-refractivity contribution in [3.05, 3.63) is 36.5 Å². The molecule has 0 aliphatic carbocycles. The minimum atomic E-state index is -0.845. The van der Waals surface area contributed by atoms with Crippen LogP contribution in [0.3, 0.4) is 0 Å². The Morgan fingerprint density at radius 1 is 0.394 bits per heavy atom. The van der Waals surface area contributed by atoms with Crippen LogP contribution in [-0.2, 0) is 14.3 Å². The van der Waals surface area contributed by atoms with E-state index in [1.807, 2.05) is 6.08 Å². The highest BCUT2D eigenvalue weighted by molar-refractivity contribution is 5.76. The fourth-order valence-corrected chi connectivity index (χ4v) is 9.78. The van der Waals surface area contributed by atoms with E-state index in [1.165, 1.54) is 270 Å². The Morgan fingerprint density at radius 2 is 0.704 bits per heavy atom. The number of aliphatic hydroxyl groups excluding tert-OH is 2. The zero-order valence-corrected chi connectivity index (χ0v) is 47.7. The minimum Gasteiger partial charge on any atom is -0.466 e. The number of unbranched alkanes of at least 4 members (excludes halogenated alkanes) is 44. The summed E-state index contributed by atoms with van der Waals surface area (Å²) in [6, 6.07) is -0.629. The Morgan fingerprint density at radius 3 is 1.07 bits per heavy atom. The SMILES string of the molecule is CCCCCCCCCCC/C=C/C(O)C(CO)NC(=O)CCCCCCCCCCCCC/C=C\C/C=C\CCCCCCCCCCCOC(=O)CCCCCCCCCCCCCCCCCC. The van der Waals surface area contributed by atoms with Crippen molar-refractivity contribution in [3.63, 3.8) is 0 Å². The van der Waals surface area contributed by atoms with Gasteiger partial charge in [-0.05, 0) is 64.2 Å². The number of hydrogen-bond acceptors (Lipinski definition) is 5. The van der Waals surface area contributed by atoms with Crippen LogP contribution < -0.4 is 5.32 Å². The first-order chi connectivity index (χ1) is 35.0. The van der Waals surface area contributed by atoms with E-state index < -0.39 is 12.1 Å². The molecular formula is C65H123NO5. The van der Waals surface area contributed by atoms with Crippen molar-refractivity contribution >= 4 is 11.9 Å². The molecule has 6 heteroatoms. The fourth-order valence-electron chi connectivity index (χ4n) is 9.78. The number of carbonyl (C=O) groups excluding carboxylic acids is 2. The lowest BCUT2D eigenvalue weighted by Gasteiger charge is -2.20. The van der Waals surface area contributed by atoms with Crippen molar-refractivity contribution in [2.45, 2.75) is 353 Å². The van der Waals surface area contributed by atoms with Crippen LogP contribution in [-0.4, -0.2) is 47.4 Å². The highest BCUT2D eigenvalue weighted by atomic mass is 16.5. The number of esters is 1. The van der Waals surface area contributed by atoms with E-state index in [0.29, 0.717) is 19.4 Å². The molecule has 0 rings (SSSR count). The largest absolute Gasteiger partial charge is 0.466 e. The van der Waals surface area contributed by atoms with Gasteiger partial charge in [0.15, 0.2) is 0 Å². The molecule has 0 saturated heterocycles. The molecule has 0 aliphatic rings. The van der Waals surface area contributed by atoms with Crippen molar-refractivity contribution < 1.29 is 24.5 Å². The summed E-state index contributed by atoms with van der Waals surface area (Å²) in [6.07, 6.45) is 76.3. The molecule has 0 fully saturated rings. The van der Waals surface area contributed by atoms with Crippen LogP contribution in [0.25, 0.3) is 0 Å².